The average molecular weight is 440 g/mol. The molecule has 10 heteroatoms. The molecule has 0 radical (unpaired) electrons. The molecule has 32 heavy (non-hydrogen) atoms. The number of nitrogens with one attached hydrogen (secondary N) is 1. The van der Waals surface area contributed by atoms with Crippen LogP contribution in [0.5, 0.6) is 5.75 Å². The summed E-state index contributed by atoms with van der Waals surface area (Å²) < 4.78 is 10.5. The van der Waals surface area contributed by atoms with Gasteiger partial charge < -0.3 is 19.9 Å². The maximum Gasteiger partial charge on any atom is 0.396 e. The number of nitro groups is 1. The number of ether oxygens (including phenoxy) is 2. The van der Waals surface area contributed by atoms with Crippen LogP contribution in [0.1, 0.15) is 53.7 Å². The number of hydrogen-bond donors (Lipinski definition) is 2. The highest BCUT2D eigenvalue weighted by Gasteiger charge is 2.73. The van der Waals surface area contributed by atoms with E-state index in [2.05, 4.69) is 5.32 Å². The van der Waals surface area contributed by atoms with E-state index in [0.717, 1.165) is 11.6 Å². The Bertz CT molecular complexity index is 1190. The van der Waals surface area contributed by atoms with Gasteiger partial charge in [-0.25, -0.2) is 4.79 Å². The minimum Gasteiger partial charge on any atom is -0.459 e. The first-order chi connectivity index (χ1) is 15.1. The highest BCUT2D eigenvalue weighted by molar-refractivity contribution is 6.33. The first-order valence-electron chi connectivity index (χ1n) is 9.96. The molecular formula is C22H20N2O8. The zero-order chi connectivity index (χ0) is 23.4. The van der Waals surface area contributed by atoms with Crippen LogP contribution in [0, 0.1) is 10.1 Å². The summed E-state index contributed by atoms with van der Waals surface area (Å²) in [5.41, 5.74) is -2.52. The first kappa shape index (κ1) is 21.4. The van der Waals surface area contributed by atoms with E-state index in [4.69, 9.17) is 9.47 Å². The van der Waals surface area contributed by atoms with Gasteiger partial charge in [0.1, 0.15) is 11.3 Å². The number of benzene rings is 2. The van der Waals surface area contributed by atoms with E-state index >= 15 is 0 Å². The van der Waals surface area contributed by atoms with Gasteiger partial charge in [-0.05, 0) is 24.5 Å². The molecule has 0 aromatic heterocycles. The van der Waals surface area contributed by atoms with Gasteiger partial charge >= 0.3 is 11.9 Å². The Kier molecular flexibility index (Phi) is 4.78. The van der Waals surface area contributed by atoms with E-state index in [9.17, 15) is 29.6 Å². The van der Waals surface area contributed by atoms with Gasteiger partial charge in [-0.1, -0.05) is 38.1 Å². The second kappa shape index (κ2) is 7.13. The van der Waals surface area contributed by atoms with Crippen molar-refractivity contribution < 1.29 is 33.9 Å². The maximum atomic E-state index is 13.7. The summed E-state index contributed by atoms with van der Waals surface area (Å²) >= 11 is 0. The zero-order valence-corrected chi connectivity index (χ0v) is 17.5. The van der Waals surface area contributed by atoms with Crippen LogP contribution in [0.4, 0.5) is 5.69 Å². The van der Waals surface area contributed by atoms with Gasteiger partial charge in [-0.3, -0.25) is 19.7 Å². The Morgan fingerprint density at radius 2 is 1.97 bits per heavy atom. The fourth-order valence-electron chi connectivity index (χ4n) is 4.27. The fraction of sp³-hybridized carbons (Fsp3) is 0.318. The molecule has 0 spiro atoms. The number of aliphatic hydroxyl groups is 1. The number of ketones is 1. The highest BCUT2D eigenvalue weighted by atomic mass is 16.6. The number of fused-ring (bicyclic) bond motifs is 5. The summed E-state index contributed by atoms with van der Waals surface area (Å²) in [5.74, 6) is -5.82. The van der Waals surface area contributed by atoms with Crippen molar-refractivity contribution in [1.29, 1.82) is 0 Å². The Morgan fingerprint density at radius 1 is 1.25 bits per heavy atom. The molecule has 0 bridgehead atoms. The number of carbonyl (C=O) groups excluding carboxylic acids is 3. The standard InChI is InChI=1S/C22H20N2O8/c1-4-31-20(27)19(26)23-21-13-9-8-12(11(2)3)10-16(13)32-22(21,28)14-6-5-7-15(24(29)30)17(14)18(21)25/h5-11,28H,4H2,1-3H3,(H,23,26). The van der Waals surface area contributed by atoms with E-state index < -0.39 is 45.2 Å². The topological polar surface area (TPSA) is 145 Å². The largest absolute Gasteiger partial charge is 0.459 e. The third-order valence-corrected chi connectivity index (χ3v) is 5.78. The predicted molar refractivity (Wildman–Crippen MR) is 109 cm³/mol. The molecule has 1 aliphatic heterocycles. The van der Waals surface area contributed by atoms with E-state index in [0.29, 0.717) is 0 Å². The molecule has 2 atom stereocenters. The molecule has 10 nitrogen and oxygen atoms in total. The molecule has 2 aliphatic rings. The molecule has 2 unspecified atom stereocenters. The number of nitrogens with zero attached hydrogens (tertiary/aromatic N) is 1. The molecule has 2 N–H and O–H groups in total. The molecule has 2 aromatic carbocycles. The minimum atomic E-state index is -2.51. The normalized spacial score (nSPS) is 22.6. The van der Waals surface area contributed by atoms with Crippen molar-refractivity contribution in [3.63, 3.8) is 0 Å². The van der Waals surface area contributed by atoms with Crippen LogP contribution in [-0.2, 0) is 25.7 Å². The van der Waals surface area contributed by atoms with Crippen molar-refractivity contribution in [3.05, 3.63) is 68.8 Å². The number of esters is 1. The zero-order valence-electron chi connectivity index (χ0n) is 17.5. The quantitative estimate of drug-likeness (QED) is 0.318. The van der Waals surface area contributed by atoms with Crippen LogP contribution >= 0.6 is 0 Å². The number of carbonyl (C=O) groups is 3. The van der Waals surface area contributed by atoms with Gasteiger partial charge in [0, 0.05) is 17.2 Å². The van der Waals surface area contributed by atoms with Crippen molar-refractivity contribution in [1.82, 2.24) is 5.32 Å². The molecule has 1 aliphatic carbocycles. The van der Waals surface area contributed by atoms with Crippen molar-refractivity contribution in [2.45, 2.75) is 38.0 Å². The molecule has 2 aromatic rings. The van der Waals surface area contributed by atoms with E-state index in [-0.39, 0.29) is 29.4 Å². The van der Waals surface area contributed by atoms with Gasteiger partial charge in [0.2, 0.25) is 11.3 Å². The highest BCUT2D eigenvalue weighted by Crippen LogP contribution is 2.59. The Hall–Kier alpha value is -3.79. The van der Waals surface area contributed by atoms with Gasteiger partial charge in [0.25, 0.3) is 11.5 Å². The minimum absolute atomic E-state index is 0.0811. The van der Waals surface area contributed by atoms with E-state index in [1.165, 1.54) is 25.1 Å². The third kappa shape index (κ3) is 2.65. The van der Waals surface area contributed by atoms with Gasteiger partial charge in [0.05, 0.1) is 11.5 Å². The third-order valence-electron chi connectivity index (χ3n) is 5.78. The molecule has 0 saturated heterocycles. The number of nitro benzene ring substituents is 1. The smallest absolute Gasteiger partial charge is 0.396 e. The summed E-state index contributed by atoms with van der Waals surface area (Å²) in [5, 5.41) is 25.6. The van der Waals surface area contributed by atoms with Gasteiger partial charge in [-0.15, -0.1) is 0 Å². The lowest BCUT2D eigenvalue weighted by Crippen LogP contribution is -2.61. The first-order valence-corrected chi connectivity index (χ1v) is 9.96. The molecule has 1 heterocycles. The lowest BCUT2D eigenvalue weighted by Gasteiger charge is -2.33. The van der Waals surface area contributed by atoms with Crippen LogP contribution in [-0.4, -0.2) is 34.3 Å². The number of amides is 1. The summed E-state index contributed by atoms with van der Waals surface area (Å²) in [7, 11) is 0. The van der Waals surface area contributed by atoms with Crippen LogP contribution < -0.4 is 10.1 Å². The molecule has 166 valence electrons. The lowest BCUT2D eigenvalue weighted by atomic mass is 9.82. The molecule has 0 fully saturated rings. The SMILES string of the molecule is CCOC(=O)C(=O)NC12C(=O)c3c([N+](=O)[O-])cccc3C1(O)Oc1cc(C(C)C)ccc12. The van der Waals surface area contributed by atoms with Crippen LogP contribution in [0.3, 0.4) is 0 Å². The average Bonchev–Trinajstić information content (AvgIpc) is 3.10. The van der Waals surface area contributed by atoms with Crippen LogP contribution in [0.25, 0.3) is 0 Å². The monoisotopic (exact) mass is 440 g/mol. The molecular weight excluding hydrogens is 420 g/mol. The lowest BCUT2D eigenvalue weighted by molar-refractivity contribution is -0.385. The second-order valence-corrected chi connectivity index (χ2v) is 7.87. The molecule has 4 rings (SSSR count). The summed E-state index contributed by atoms with van der Waals surface area (Å²) in [6, 6.07) is 8.56. The fourth-order valence-corrected chi connectivity index (χ4v) is 4.27. The maximum absolute atomic E-state index is 13.7. The second-order valence-electron chi connectivity index (χ2n) is 7.87. The molecule has 0 saturated carbocycles. The van der Waals surface area contributed by atoms with Crippen molar-refractivity contribution in [3.8, 4) is 5.75 Å². The Labute approximate surface area is 182 Å². The Balaban J connectivity index is 1.97. The van der Waals surface area contributed by atoms with Crippen LogP contribution in [0.15, 0.2) is 36.4 Å². The van der Waals surface area contributed by atoms with Gasteiger partial charge in [0.15, 0.2) is 0 Å². The van der Waals surface area contributed by atoms with Crippen molar-refractivity contribution in [2.75, 3.05) is 6.61 Å². The number of Topliss-reactive ketones (excluding diaryl/α,β-unsaturated/α-hetero) is 1. The van der Waals surface area contributed by atoms with Crippen molar-refractivity contribution >= 4 is 23.3 Å². The van der Waals surface area contributed by atoms with Gasteiger partial charge in [-0.2, -0.15) is 0 Å². The predicted octanol–water partition coefficient (Wildman–Crippen LogP) is 2.03. The van der Waals surface area contributed by atoms with E-state index in [1.807, 2.05) is 13.8 Å². The number of hydrogen-bond acceptors (Lipinski definition) is 8. The summed E-state index contributed by atoms with van der Waals surface area (Å²) in [6.07, 6.45) is 0. The summed E-state index contributed by atoms with van der Waals surface area (Å²) in [4.78, 5) is 49.2. The Morgan fingerprint density at radius 3 is 2.59 bits per heavy atom. The summed E-state index contributed by atoms with van der Waals surface area (Å²) in [6.45, 7) is 5.29. The van der Waals surface area contributed by atoms with E-state index in [1.54, 1.807) is 12.1 Å². The van der Waals surface area contributed by atoms with Crippen molar-refractivity contribution in [2.24, 2.45) is 0 Å². The van der Waals surface area contributed by atoms with Crippen LogP contribution in [0.2, 0.25) is 0 Å². The molecule has 1 amide bonds. The number of rotatable bonds is 4.